The van der Waals surface area contributed by atoms with Gasteiger partial charge in [0.2, 0.25) is 0 Å². The van der Waals surface area contributed by atoms with E-state index in [4.69, 9.17) is 10.5 Å². The number of nitriles is 1. The summed E-state index contributed by atoms with van der Waals surface area (Å²) in [5, 5.41) is 9.27. The third kappa shape index (κ3) is 4.76. The molecule has 0 saturated carbocycles. The van der Waals surface area contributed by atoms with Gasteiger partial charge in [-0.05, 0) is 29.3 Å². The molecule has 0 aliphatic carbocycles. The number of hydrogen-bond acceptors (Lipinski definition) is 3. The lowest BCUT2D eigenvalue weighted by molar-refractivity contribution is -0.114. The van der Waals surface area contributed by atoms with Crippen LogP contribution in [0, 0.1) is 11.3 Å². The second-order valence-electron chi connectivity index (χ2n) is 5.42. The molecule has 0 aromatic heterocycles. The van der Waals surface area contributed by atoms with E-state index in [0.29, 0.717) is 5.75 Å². The topological polar surface area (TPSA) is 76.1 Å². The molecule has 0 bridgehead atoms. The van der Waals surface area contributed by atoms with Crippen molar-refractivity contribution < 1.29 is 22.7 Å². The van der Waals surface area contributed by atoms with Gasteiger partial charge in [-0.1, -0.05) is 42.5 Å². The first-order valence-electron chi connectivity index (χ1n) is 7.71. The van der Waals surface area contributed by atoms with E-state index in [9.17, 15) is 23.2 Å². The van der Waals surface area contributed by atoms with Crippen molar-refractivity contribution in [1.82, 2.24) is 0 Å². The molecule has 27 heavy (non-hydrogen) atoms. The van der Waals surface area contributed by atoms with E-state index in [1.54, 1.807) is 12.1 Å². The molecule has 0 saturated heterocycles. The van der Waals surface area contributed by atoms with Crippen LogP contribution < -0.4 is 10.5 Å². The Bertz CT molecular complexity index is 922. The third-order valence-corrected chi connectivity index (χ3v) is 3.71. The quantitative estimate of drug-likeness (QED) is 0.488. The number of primary amides is 1. The van der Waals surface area contributed by atoms with Crippen LogP contribution >= 0.6 is 0 Å². The molecule has 1 amide bonds. The molecule has 4 nitrogen and oxygen atoms in total. The van der Waals surface area contributed by atoms with Gasteiger partial charge in [0.1, 0.15) is 17.4 Å². The summed E-state index contributed by atoms with van der Waals surface area (Å²) in [6.07, 6.45) is -3.95. The van der Waals surface area contributed by atoms with Gasteiger partial charge >= 0.3 is 6.18 Å². The van der Waals surface area contributed by atoms with Crippen molar-refractivity contribution in [1.29, 1.82) is 5.26 Å². The zero-order valence-corrected chi connectivity index (χ0v) is 14.2. The first-order valence-corrected chi connectivity index (χ1v) is 7.71. The van der Waals surface area contributed by atoms with Crippen LogP contribution in [0.2, 0.25) is 0 Å². The van der Waals surface area contributed by atoms with Crippen LogP contribution in [0.3, 0.4) is 0 Å². The molecular weight excluding hydrogens is 357 g/mol. The van der Waals surface area contributed by atoms with Gasteiger partial charge in [-0.3, -0.25) is 4.79 Å². The van der Waals surface area contributed by atoms with E-state index in [1.807, 2.05) is 0 Å². The lowest BCUT2D eigenvalue weighted by atomic mass is 9.94. The number of hydrogen-bond donors (Lipinski definition) is 1. The number of nitrogens with zero attached hydrogens (tertiary/aromatic N) is 1. The predicted molar refractivity (Wildman–Crippen MR) is 95.2 cm³/mol. The van der Waals surface area contributed by atoms with Crippen molar-refractivity contribution in [3.63, 3.8) is 0 Å². The van der Waals surface area contributed by atoms with Crippen molar-refractivity contribution in [2.45, 2.75) is 6.18 Å². The molecule has 2 N–H and O–H groups in total. The molecule has 0 aliphatic heterocycles. The Morgan fingerprint density at radius 1 is 1.07 bits per heavy atom. The molecule has 0 aliphatic rings. The predicted octanol–water partition coefficient (Wildman–Crippen LogP) is 4.10. The highest BCUT2D eigenvalue weighted by Crippen LogP contribution is 2.37. The Labute approximate surface area is 154 Å². The van der Waals surface area contributed by atoms with E-state index >= 15 is 0 Å². The molecular formula is C20H15F3N2O2. The van der Waals surface area contributed by atoms with E-state index in [1.165, 1.54) is 55.6 Å². The molecule has 0 radical (unpaired) electrons. The molecule has 2 rings (SSSR count). The van der Waals surface area contributed by atoms with Crippen molar-refractivity contribution in [2.75, 3.05) is 7.11 Å². The Balaban J connectivity index is 2.77. The van der Waals surface area contributed by atoms with Crippen LogP contribution in [0.4, 0.5) is 13.2 Å². The molecule has 0 spiro atoms. The zero-order chi connectivity index (χ0) is 20.0. The van der Waals surface area contributed by atoms with Gasteiger partial charge in [-0.2, -0.15) is 18.4 Å². The Morgan fingerprint density at radius 3 is 2.11 bits per heavy atom. The summed E-state index contributed by atoms with van der Waals surface area (Å²) in [7, 11) is 1.44. The standard InChI is InChI=1S/C20H15F3N2O2/c1-27-15-9-7-13(8-10-15)16(17(12-24)19(25)26)11-18(20(21,22)23)14-5-3-2-4-6-14/h2-11H,1H3,(H2,25,26)/b17-16+,18-11+. The van der Waals surface area contributed by atoms with Crippen LogP contribution in [0.15, 0.2) is 66.2 Å². The third-order valence-electron chi connectivity index (χ3n) is 3.71. The van der Waals surface area contributed by atoms with Crippen LogP contribution in [0.5, 0.6) is 5.75 Å². The van der Waals surface area contributed by atoms with Crippen LogP contribution in [0.25, 0.3) is 11.1 Å². The largest absolute Gasteiger partial charge is 0.497 e. The van der Waals surface area contributed by atoms with E-state index < -0.39 is 23.2 Å². The minimum atomic E-state index is -4.71. The maximum Gasteiger partial charge on any atom is 0.417 e. The van der Waals surface area contributed by atoms with E-state index in [-0.39, 0.29) is 16.7 Å². The summed E-state index contributed by atoms with van der Waals surface area (Å²) in [5.74, 6) is -0.645. The number of halogens is 3. The van der Waals surface area contributed by atoms with Crippen LogP contribution in [0.1, 0.15) is 11.1 Å². The van der Waals surface area contributed by atoms with Gasteiger partial charge in [0.15, 0.2) is 0 Å². The molecule has 7 heteroatoms. The van der Waals surface area contributed by atoms with Crippen LogP contribution in [-0.2, 0) is 4.79 Å². The number of amides is 1. The lowest BCUT2D eigenvalue weighted by Gasteiger charge is -2.14. The lowest BCUT2D eigenvalue weighted by Crippen LogP contribution is -2.15. The van der Waals surface area contributed by atoms with Crippen molar-refractivity contribution in [2.24, 2.45) is 5.73 Å². The number of benzene rings is 2. The van der Waals surface area contributed by atoms with Gasteiger partial charge in [-0.25, -0.2) is 0 Å². The number of allylic oxidation sites excluding steroid dienone is 3. The first-order chi connectivity index (χ1) is 12.8. The minimum absolute atomic E-state index is 0.0993. The fourth-order valence-electron chi connectivity index (χ4n) is 2.41. The number of carbonyl (C=O) groups is 1. The fourth-order valence-corrected chi connectivity index (χ4v) is 2.41. The maximum absolute atomic E-state index is 13.7. The molecule has 2 aromatic rings. The highest BCUT2D eigenvalue weighted by molar-refractivity contribution is 6.07. The molecule has 0 atom stereocenters. The van der Waals surface area contributed by atoms with Crippen LogP contribution in [-0.4, -0.2) is 19.2 Å². The Morgan fingerprint density at radius 2 is 1.67 bits per heavy atom. The second kappa shape index (κ2) is 8.23. The first kappa shape index (κ1) is 19.8. The number of methoxy groups -OCH3 is 1. The summed E-state index contributed by atoms with van der Waals surface area (Å²) in [4.78, 5) is 11.6. The molecule has 0 unspecified atom stereocenters. The fraction of sp³-hybridized carbons (Fsp3) is 0.100. The van der Waals surface area contributed by atoms with Gasteiger partial charge < -0.3 is 10.5 Å². The average Bonchev–Trinajstić information content (AvgIpc) is 2.64. The zero-order valence-electron chi connectivity index (χ0n) is 14.2. The van der Waals surface area contributed by atoms with Gasteiger partial charge in [-0.15, -0.1) is 0 Å². The van der Waals surface area contributed by atoms with Gasteiger partial charge in [0, 0.05) is 5.57 Å². The number of ether oxygens (including phenoxy) is 1. The minimum Gasteiger partial charge on any atom is -0.497 e. The molecule has 2 aromatic carbocycles. The van der Waals surface area contributed by atoms with Gasteiger partial charge in [0.25, 0.3) is 5.91 Å². The summed E-state index contributed by atoms with van der Waals surface area (Å²) in [6.45, 7) is 0. The number of carbonyl (C=O) groups excluding carboxylic acids is 1. The van der Waals surface area contributed by atoms with Crippen molar-refractivity contribution >= 4 is 17.1 Å². The van der Waals surface area contributed by atoms with E-state index in [2.05, 4.69) is 0 Å². The smallest absolute Gasteiger partial charge is 0.417 e. The summed E-state index contributed by atoms with van der Waals surface area (Å²) in [6, 6.07) is 14.6. The number of rotatable bonds is 5. The molecule has 0 heterocycles. The maximum atomic E-state index is 13.7. The Hall–Kier alpha value is -3.53. The number of alkyl halides is 3. The second-order valence-corrected chi connectivity index (χ2v) is 5.42. The normalized spacial score (nSPS) is 12.8. The highest BCUT2D eigenvalue weighted by Gasteiger charge is 2.35. The molecule has 0 fully saturated rings. The van der Waals surface area contributed by atoms with E-state index in [0.717, 1.165) is 6.08 Å². The van der Waals surface area contributed by atoms with Crippen molar-refractivity contribution in [3.8, 4) is 11.8 Å². The average molecular weight is 372 g/mol. The summed E-state index contributed by atoms with van der Waals surface area (Å²) < 4.78 is 46.0. The number of nitrogens with two attached hydrogens (primary N) is 1. The summed E-state index contributed by atoms with van der Waals surface area (Å²) >= 11 is 0. The SMILES string of the molecule is COc1ccc(C(/C=C(\c2ccccc2)C(F)(F)F)=C(\C#N)C(N)=O)cc1. The monoisotopic (exact) mass is 372 g/mol. The molecule has 138 valence electrons. The Kier molecular flexibility index (Phi) is 6.03. The highest BCUT2D eigenvalue weighted by atomic mass is 19.4. The van der Waals surface area contributed by atoms with Gasteiger partial charge in [0.05, 0.1) is 12.7 Å². The summed E-state index contributed by atoms with van der Waals surface area (Å²) in [5.41, 5.74) is 3.55. The van der Waals surface area contributed by atoms with Crippen molar-refractivity contribution in [3.05, 3.63) is 77.4 Å².